The number of allylic oxidation sites excluding steroid dienone is 1. The van der Waals surface area contributed by atoms with Crippen molar-refractivity contribution in [1.29, 1.82) is 0 Å². The molecule has 0 spiro atoms. The normalized spacial score (nSPS) is 14.9. The van der Waals surface area contributed by atoms with Gasteiger partial charge in [-0.3, -0.25) is 4.99 Å². The molecule has 0 atom stereocenters. The second kappa shape index (κ2) is 12.2. The Balaban J connectivity index is 1.37. The quantitative estimate of drug-likeness (QED) is 0.207. The first-order valence-electron chi connectivity index (χ1n) is 11.8. The molecule has 37 heavy (non-hydrogen) atoms. The number of thioether (sulfide) groups is 1. The number of amidine groups is 1. The van der Waals surface area contributed by atoms with Gasteiger partial charge in [-0.05, 0) is 67.6 Å². The molecule has 3 aromatic heterocycles. The van der Waals surface area contributed by atoms with Crippen LogP contribution in [0.1, 0.15) is 12.8 Å². The van der Waals surface area contributed by atoms with Crippen molar-refractivity contribution in [3.63, 3.8) is 0 Å². The number of pyridine rings is 2. The zero-order valence-corrected chi connectivity index (χ0v) is 21.7. The molecule has 1 aliphatic heterocycles. The number of benzene rings is 1. The number of nitrogens with one attached hydrogen (secondary N) is 2. The smallest absolute Gasteiger partial charge is 0.258 e. The van der Waals surface area contributed by atoms with Crippen molar-refractivity contribution in [2.75, 3.05) is 25.5 Å². The van der Waals surface area contributed by atoms with Gasteiger partial charge < -0.3 is 19.9 Å². The zero-order valence-electron chi connectivity index (χ0n) is 20.1. The monoisotopic (exact) mass is 536 g/mol. The fourth-order valence-electron chi connectivity index (χ4n) is 3.75. The highest BCUT2D eigenvalue weighted by Gasteiger charge is 2.14. The molecule has 4 heterocycles. The number of anilines is 1. The van der Waals surface area contributed by atoms with E-state index >= 15 is 0 Å². The van der Waals surface area contributed by atoms with E-state index in [9.17, 15) is 4.39 Å². The van der Waals surface area contributed by atoms with Crippen molar-refractivity contribution in [1.82, 2.24) is 20.4 Å². The van der Waals surface area contributed by atoms with E-state index < -0.39 is 0 Å². The first kappa shape index (κ1) is 25.2. The third-order valence-electron chi connectivity index (χ3n) is 5.67. The maximum Gasteiger partial charge on any atom is 0.258 e. The van der Waals surface area contributed by atoms with Crippen LogP contribution in [0.3, 0.4) is 0 Å². The lowest BCUT2D eigenvalue weighted by Gasteiger charge is -2.19. The molecule has 0 radical (unpaired) electrons. The summed E-state index contributed by atoms with van der Waals surface area (Å²) in [6, 6.07) is 9.64. The topological polar surface area (TPSA) is 97.5 Å². The van der Waals surface area contributed by atoms with Gasteiger partial charge in [0.15, 0.2) is 16.7 Å². The van der Waals surface area contributed by atoms with Crippen molar-refractivity contribution in [2.45, 2.75) is 22.6 Å². The molecule has 0 unspecified atom stereocenters. The van der Waals surface area contributed by atoms with E-state index in [0.717, 1.165) is 41.1 Å². The van der Waals surface area contributed by atoms with Gasteiger partial charge in [0.2, 0.25) is 0 Å². The van der Waals surface area contributed by atoms with Gasteiger partial charge in [0.1, 0.15) is 11.6 Å². The largest absolute Gasteiger partial charge is 0.453 e. The number of hydrogen-bond donors (Lipinski definition) is 2. The van der Waals surface area contributed by atoms with Crippen LogP contribution in [-0.2, 0) is 0 Å². The maximum atomic E-state index is 13.5. The number of aliphatic imine (C=N–C) groups is 1. The molecule has 4 aromatic rings. The number of piperidine rings is 1. The number of hydrogen-bond acceptors (Lipinski definition) is 9. The minimum absolute atomic E-state index is 0.333. The molecule has 0 amide bonds. The molecule has 1 aliphatic rings. The Morgan fingerprint density at radius 1 is 1.19 bits per heavy atom. The molecule has 0 bridgehead atoms. The lowest BCUT2D eigenvalue weighted by Crippen LogP contribution is -2.26. The molecule has 5 rings (SSSR count). The van der Waals surface area contributed by atoms with E-state index in [0.29, 0.717) is 34.1 Å². The van der Waals surface area contributed by atoms with E-state index in [2.05, 4.69) is 42.2 Å². The van der Waals surface area contributed by atoms with Crippen molar-refractivity contribution in [3.05, 3.63) is 72.3 Å². The van der Waals surface area contributed by atoms with Crippen LogP contribution in [0.5, 0.6) is 11.5 Å². The highest BCUT2D eigenvalue weighted by Crippen LogP contribution is 2.37. The van der Waals surface area contributed by atoms with Crippen molar-refractivity contribution >= 4 is 45.6 Å². The number of halogens is 1. The van der Waals surface area contributed by atoms with E-state index in [-0.39, 0.29) is 5.82 Å². The second-order valence-corrected chi connectivity index (χ2v) is 10.2. The Labute approximate surface area is 222 Å². The first-order chi connectivity index (χ1) is 18.2. The fraction of sp³-hybridized carbons (Fsp3) is 0.231. The van der Waals surface area contributed by atoms with Crippen LogP contribution in [0.4, 0.5) is 10.2 Å². The number of fused-ring (bicyclic) bond motifs is 1. The fourth-order valence-corrected chi connectivity index (χ4v) is 5.34. The van der Waals surface area contributed by atoms with Gasteiger partial charge in [-0.1, -0.05) is 34.8 Å². The second-order valence-electron chi connectivity index (χ2n) is 8.22. The van der Waals surface area contributed by atoms with Crippen molar-refractivity contribution in [2.24, 2.45) is 10.9 Å². The Kier molecular flexibility index (Phi) is 8.34. The van der Waals surface area contributed by atoms with Gasteiger partial charge in [0.05, 0.1) is 11.6 Å². The van der Waals surface area contributed by atoms with Gasteiger partial charge >= 0.3 is 0 Å². The Hall–Kier alpha value is -3.41. The van der Waals surface area contributed by atoms with Crippen LogP contribution >= 0.6 is 23.5 Å². The van der Waals surface area contributed by atoms with E-state index in [1.54, 1.807) is 37.8 Å². The van der Waals surface area contributed by atoms with Crippen LogP contribution in [0.25, 0.3) is 11.1 Å². The molecule has 0 aliphatic carbocycles. The molecular weight excluding hydrogens is 511 g/mol. The van der Waals surface area contributed by atoms with Crippen LogP contribution < -0.4 is 15.4 Å². The summed E-state index contributed by atoms with van der Waals surface area (Å²) in [4.78, 5) is 15.0. The average molecular weight is 537 g/mol. The lowest BCUT2D eigenvalue weighted by atomic mass is 9.99. The molecule has 8 nitrogen and oxygen atoms in total. The van der Waals surface area contributed by atoms with Gasteiger partial charge in [0, 0.05) is 35.3 Å². The van der Waals surface area contributed by atoms with Crippen molar-refractivity contribution in [3.8, 4) is 11.5 Å². The Morgan fingerprint density at radius 2 is 2.03 bits per heavy atom. The molecule has 190 valence electrons. The molecule has 1 saturated heterocycles. The summed E-state index contributed by atoms with van der Waals surface area (Å²) in [6.07, 6.45) is 9.58. The van der Waals surface area contributed by atoms with Gasteiger partial charge in [-0.15, -0.1) is 0 Å². The minimum atomic E-state index is -0.333. The average Bonchev–Trinajstić information content (AvgIpc) is 3.41. The van der Waals surface area contributed by atoms with E-state index in [4.69, 9.17) is 9.26 Å². The van der Waals surface area contributed by atoms with E-state index in [1.807, 2.05) is 12.1 Å². The van der Waals surface area contributed by atoms with Crippen molar-refractivity contribution < 1.29 is 13.7 Å². The molecule has 1 aromatic carbocycles. The Morgan fingerprint density at radius 3 is 2.84 bits per heavy atom. The zero-order chi connectivity index (χ0) is 25.5. The number of nitrogens with zero attached hydrogens (tertiary/aromatic N) is 4. The highest BCUT2D eigenvalue weighted by atomic mass is 32.2. The molecular formula is C26H25FN6O2S2. The summed E-state index contributed by atoms with van der Waals surface area (Å²) in [5.41, 5.74) is 0.470. The van der Waals surface area contributed by atoms with Crippen LogP contribution in [0, 0.1) is 11.7 Å². The predicted octanol–water partition coefficient (Wildman–Crippen LogP) is 6.34. The predicted molar refractivity (Wildman–Crippen MR) is 146 cm³/mol. The third kappa shape index (κ3) is 6.68. The molecule has 1 fully saturated rings. The van der Waals surface area contributed by atoms with Gasteiger partial charge in [0.25, 0.3) is 5.71 Å². The summed E-state index contributed by atoms with van der Waals surface area (Å²) in [7, 11) is 1.73. The number of ether oxygens (including phenoxy) is 1. The summed E-state index contributed by atoms with van der Waals surface area (Å²) < 4.78 is 24.8. The summed E-state index contributed by atoms with van der Waals surface area (Å²) in [5, 5.41) is 14.1. The van der Waals surface area contributed by atoms with Crippen LogP contribution in [-0.4, -0.2) is 40.4 Å². The standard InChI is InChI=1S/C26H25FN6O2S2/c1-28-26(36-13-9-17-6-10-29-11-7-17)33-24-22(34-19-4-2-18(27)3-5-19)14-20(15-31-24)37-23-8-12-30-25-21(23)16-32-35-25/h2-5,8-9,12-17,29H,6-7,10-11H2,1H3,(H,28,31,33)/b13-9+. The summed E-state index contributed by atoms with van der Waals surface area (Å²) in [5.74, 6) is 1.72. The molecule has 0 saturated carbocycles. The van der Waals surface area contributed by atoms with Crippen LogP contribution in [0.15, 0.2) is 85.8 Å². The van der Waals surface area contributed by atoms with Gasteiger partial charge in [-0.2, -0.15) is 0 Å². The Bertz CT molecular complexity index is 1400. The number of rotatable bonds is 7. The lowest BCUT2D eigenvalue weighted by molar-refractivity contribution is 0.437. The third-order valence-corrected chi connectivity index (χ3v) is 7.51. The SMILES string of the molecule is CN=C(Nc1ncc(Sc2ccnc3oncc23)cc1Oc1ccc(F)cc1)S/C=C/C1CCNCC1. The molecule has 2 N–H and O–H groups in total. The summed E-state index contributed by atoms with van der Waals surface area (Å²) >= 11 is 2.99. The molecule has 11 heteroatoms. The van der Waals surface area contributed by atoms with Crippen LogP contribution in [0.2, 0.25) is 0 Å². The van der Waals surface area contributed by atoms with Gasteiger partial charge in [-0.25, -0.2) is 14.4 Å². The highest BCUT2D eigenvalue weighted by molar-refractivity contribution is 8.16. The number of aromatic nitrogens is 3. The van der Waals surface area contributed by atoms with E-state index in [1.165, 1.54) is 35.7 Å². The first-order valence-corrected chi connectivity index (χ1v) is 13.5. The minimum Gasteiger partial charge on any atom is -0.453 e. The summed E-state index contributed by atoms with van der Waals surface area (Å²) in [6.45, 7) is 2.10. The maximum absolute atomic E-state index is 13.5.